The van der Waals surface area contributed by atoms with E-state index in [2.05, 4.69) is 31.1 Å². The number of aliphatic imine (C=N–C) groups is 1. The van der Waals surface area contributed by atoms with E-state index in [1.54, 1.807) is 0 Å². The lowest BCUT2D eigenvalue weighted by atomic mass is 9.76. The van der Waals surface area contributed by atoms with E-state index in [0.29, 0.717) is 11.5 Å². The molecule has 1 atom stereocenters. The molecule has 92 valence electrons. The first kappa shape index (κ1) is 12.3. The second-order valence-corrected chi connectivity index (χ2v) is 7.15. The van der Waals surface area contributed by atoms with Crippen molar-refractivity contribution in [3.05, 3.63) is 0 Å². The second-order valence-electron chi connectivity index (χ2n) is 6.14. The fourth-order valence-electron chi connectivity index (χ4n) is 2.36. The maximum atomic E-state index is 4.61. The van der Waals surface area contributed by atoms with Gasteiger partial charge in [0.25, 0.3) is 0 Å². The number of nitrogens with one attached hydrogen (secondary N) is 1. The summed E-state index contributed by atoms with van der Waals surface area (Å²) in [4.78, 5) is 4.61. The number of thioether (sulfide) groups is 1. The van der Waals surface area contributed by atoms with Gasteiger partial charge < -0.3 is 5.32 Å². The molecule has 1 heterocycles. The van der Waals surface area contributed by atoms with Gasteiger partial charge in [-0.1, -0.05) is 32.5 Å². The van der Waals surface area contributed by atoms with Gasteiger partial charge in [-0.25, -0.2) is 0 Å². The smallest absolute Gasteiger partial charge is 0.156 e. The first-order chi connectivity index (χ1) is 7.55. The van der Waals surface area contributed by atoms with E-state index in [4.69, 9.17) is 0 Å². The van der Waals surface area contributed by atoms with Gasteiger partial charge in [0.15, 0.2) is 5.17 Å². The minimum absolute atomic E-state index is 0.564. The third kappa shape index (κ3) is 3.41. The normalized spacial score (nSPS) is 30.9. The SMILES string of the molecule is CC1CN=C(NC2CCC(C)(C)CC2)SC1. The molecule has 1 aliphatic heterocycles. The van der Waals surface area contributed by atoms with Gasteiger partial charge in [-0.05, 0) is 37.0 Å². The van der Waals surface area contributed by atoms with Crippen LogP contribution < -0.4 is 5.32 Å². The zero-order valence-electron chi connectivity index (χ0n) is 10.8. The number of nitrogens with zero attached hydrogens (tertiary/aromatic N) is 1. The summed E-state index contributed by atoms with van der Waals surface area (Å²) in [5.74, 6) is 1.98. The Bertz CT molecular complexity index is 263. The molecule has 0 spiro atoms. The van der Waals surface area contributed by atoms with Crippen molar-refractivity contribution in [2.24, 2.45) is 16.3 Å². The predicted molar refractivity (Wildman–Crippen MR) is 73.1 cm³/mol. The van der Waals surface area contributed by atoms with Crippen molar-refractivity contribution in [2.75, 3.05) is 12.3 Å². The molecule has 3 heteroatoms. The summed E-state index contributed by atoms with van der Waals surface area (Å²) in [5, 5.41) is 4.83. The van der Waals surface area contributed by atoms with Gasteiger partial charge in [-0.2, -0.15) is 0 Å². The first-order valence-corrected chi connectivity index (χ1v) is 7.47. The van der Waals surface area contributed by atoms with E-state index < -0.39 is 0 Å². The zero-order chi connectivity index (χ0) is 11.6. The standard InChI is InChI=1S/C13H24N2S/c1-10-8-14-12(16-9-10)15-11-4-6-13(2,3)7-5-11/h10-11H,4-9H2,1-3H3,(H,14,15). The molecular formula is C13H24N2S. The van der Waals surface area contributed by atoms with E-state index in [0.717, 1.165) is 12.5 Å². The Balaban J connectivity index is 1.79. The molecule has 1 aliphatic carbocycles. The Kier molecular flexibility index (Phi) is 3.83. The van der Waals surface area contributed by atoms with Crippen LogP contribution in [0.1, 0.15) is 46.5 Å². The molecule has 1 unspecified atom stereocenters. The fraction of sp³-hybridized carbons (Fsp3) is 0.923. The summed E-state index contributed by atoms with van der Waals surface area (Å²) in [7, 11) is 0. The van der Waals surface area contributed by atoms with Gasteiger partial charge in [0, 0.05) is 18.3 Å². The molecule has 1 fully saturated rings. The van der Waals surface area contributed by atoms with Crippen LogP contribution in [0.4, 0.5) is 0 Å². The van der Waals surface area contributed by atoms with Crippen LogP contribution in [-0.4, -0.2) is 23.5 Å². The molecule has 0 radical (unpaired) electrons. The molecule has 0 amide bonds. The second kappa shape index (κ2) is 4.99. The topological polar surface area (TPSA) is 24.4 Å². The monoisotopic (exact) mass is 240 g/mol. The molecule has 2 rings (SSSR count). The highest BCUT2D eigenvalue weighted by molar-refractivity contribution is 8.13. The molecule has 0 bridgehead atoms. The summed E-state index contributed by atoms with van der Waals surface area (Å²) in [6, 6.07) is 0.674. The van der Waals surface area contributed by atoms with Crippen molar-refractivity contribution < 1.29 is 0 Å². The van der Waals surface area contributed by atoms with Crippen molar-refractivity contribution in [2.45, 2.75) is 52.5 Å². The summed E-state index contributed by atoms with van der Waals surface area (Å²) >= 11 is 1.90. The highest BCUT2D eigenvalue weighted by Crippen LogP contribution is 2.35. The van der Waals surface area contributed by atoms with Crippen LogP contribution in [0.25, 0.3) is 0 Å². The maximum absolute atomic E-state index is 4.61. The fourth-order valence-corrected chi connectivity index (χ4v) is 3.33. The third-order valence-electron chi connectivity index (χ3n) is 3.72. The average molecular weight is 240 g/mol. The third-order valence-corrected chi connectivity index (χ3v) is 4.97. The van der Waals surface area contributed by atoms with E-state index in [1.165, 1.54) is 36.6 Å². The summed E-state index contributed by atoms with van der Waals surface area (Å²) < 4.78 is 0. The molecule has 2 aliphatic rings. The quantitative estimate of drug-likeness (QED) is 0.760. The average Bonchev–Trinajstić information content (AvgIpc) is 2.24. The molecule has 1 saturated carbocycles. The molecule has 0 aromatic rings. The van der Waals surface area contributed by atoms with E-state index in [9.17, 15) is 0 Å². The Morgan fingerprint density at radius 2 is 2.00 bits per heavy atom. The van der Waals surface area contributed by atoms with Crippen LogP contribution >= 0.6 is 11.8 Å². The van der Waals surface area contributed by atoms with Crippen LogP contribution in [0.15, 0.2) is 4.99 Å². The Morgan fingerprint density at radius 1 is 1.31 bits per heavy atom. The lowest BCUT2D eigenvalue weighted by molar-refractivity contribution is 0.217. The summed E-state index contributed by atoms with van der Waals surface area (Å²) in [5.41, 5.74) is 0.564. The minimum atomic E-state index is 0.564. The Hall–Kier alpha value is -0.180. The predicted octanol–water partition coefficient (Wildman–Crippen LogP) is 3.28. The molecule has 1 N–H and O–H groups in total. The van der Waals surface area contributed by atoms with Crippen molar-refractivity contribution in [1.82, 2.24) is 5.32 Å². The number of amidine groups is 1. The lowest BCUT2D eigenvalue weighted by Crippen LogP contribution is -2.39. The van der Waals surface area contributed by atoms with Crippen LogP contribution in [0.2, 0.25) is 0 Å². The van der Waals surface area contributed by atoms with Crippen LogP contribution in [0, 0.1) is 11.3 Å². The number of hydrogen-bond acceptors (Lipinski definition) is 3. The van der Waals surface area contributed by atoms with Gasteiger partial charge in [-0.15, -0.1) is 0 Å². The van der Waals surface area contributed by atoms with Gasteiger partial charge in [0.1, 0.15) is 0 Å². The van der Waals surface area contributed by atoms with Gasteiger partial charge in [0.05, 0.1) is 0 Å². The Labute approximate surface area is 104 Å². The van der Waals surface area contributed by atoms with Crippen molar-refractivity contribution >= 4 is 16.9 Å². The summed E-state index contributed by atoms with van der Waals surface area (Å²) in [6.07, 6.45) is 5.31. The maximum Gasteiger partial charge on any atom is 0.156 e. The molecular weight excluding hydrogens is 216 g/mol. The van der Waals surface area contributed by atoms with Crippen molar-refractivity contribution in [3.63, 3.8) is 0 Å². The molecule has 0 aromatic heterocycles. The zero-order valence-corrected chi connectivity index (χ0v) is 11.6. The lowest BCUT2D eigenvalue weighted by Gasteiger charge is -2.35. The van der Waals surface area contributed by atoms with Gasteiger partial charge in [0.2, 0.25) is 0 Å². The van der Waals surface area contributed by atoms with Crippen LogP contribution in [0.5, 0.6) is 0 Å². The van der Waals surface area contributed by atoms with Crippen molar-refractivity contribution in [3.8, 4) is 0 Å². The van der Waals surface area contributed by atoms with Crippen LogP contribution in [0.3, 0.4) is 0 Å². The molecule has 2 nitrogen and oxygen atoms in total. The number of hydrogen-bond donors (Lipinski definition) is 1. The van der Waals surface area contributed by atoms with Crippen molar-refractivity contribution in [1.29, 1.82) is 0 Å². The van der Waals surface area contributed by atoms with E-state index >= 15 is 0 Å². The van der Waals surface area contributed by atoms with Crippen LogP contribution in [-0.2, 0) is 0 Å². The highest BCUT2D eigenvalue weighted by atomic mass is 32.2. The summed E-state index contributed by atoms with van der Waals surface area (Å²) in [6.45, 7) is 8.06. The van der Waals surface area contributed by atoms with E-state index in [1.807, 2.05) is 11.8 Å². The van der Waals surface area contributed by atoms with Gasteiger partial charge in [-0.3, -0.25) is 4.99 Å². The first-order valence-electron chi connectivity index (χ1n) is 6.49. The molecule has 0 saturated heterocycles. The highest BCUT2D eigenvalue weighted by Gasteiger charge is 2.27. The molecule has 16 heavy (non-hydrogen) atoms. The minimum Gasteiger partial charge on any atom is -0.362 e. The van der Waals surface area contributed by atoms with E-state index in [-0.39, 0.29) is 0 Å². The molecule has 0 aromatic carbocycles. The number of rotatable bonds is 1. The van der Waals surface area contributed by atoms with Gasteiger partial charge >= 0.3 is 0 Å². The largest absolute Gasteiger partial charge is 0.362 e. The Morgan fingerprint density at radius 3 is 2.56 bits per heavy atom.